The van der Waals surface area contributed by atoms with Crippen molar-refractivity contribution in [1.29, 1.82) is 0 Å². The average molecular weight is 368 g/mol. The fourth-order valence-electron chi connectivity index (χ4n) is 3.59. The number of aromatic nitrogens is 1. The second-order valence-electron chi connectivity index (χ2n) is 6.82. The first kappa shape index (κ1) is 17.0. The average Bonchev–Trinajstić information content (AvgIpc) is 3.04. The van der Waals surface area contributed by atoms with Gasteiger partial charge in [-0.3, -0.25) is 4.79 Å². The SMILES string of the molecule is O=C(Cc1c[nH]c2cc(Cl)ccc12)Nc1ccc(N2CCCCC2)cc1. The van der Waals surface area contributed by atoms with E-state index in [4.69, 9.17) is 11.6 Å². The van der Waals surface area contributed by atoms with Crippen molar-refractivity contribution in [2.75, 3.05) is 23.3 Å². The number of carbonyl (C=O) groups excluding carboxylic acids is 1. The Hall–Kier alpha value is -2.46. The number of rotatable bonds is 4. The molecule has 4 rings (SSSR count). The van der Waals surface area contributed by atoms with Gasteiger partial charge in [0.2, 0.25) is 5.91 Å². The summed E-state index contributed by atoms with van der Waals surface area (Å²) in [4.78, 5) is 18.0. The standard InChI is InChI=1S/C21H22ClN3O/c22-16-4-9-19-15(14-23-20(19)13-16)12-21(26)24-17-5-7-18(8-6-17)25-10-2-1-3-11-25/h4-9,13-14,23H,1-3,10-12H2,(H,24,26). The minimum atomic E-state index is -0.0217. The number of carbonyl (C=O) groups is 1. The van der Waals surface area contributed by atoms with E-state index in [1.807, 2.05) is 36.5 Å². The normalized spacial score (nSPS) is 14.6. The van der Waals surface area contributed by atoms with Crippen LogP contribution in [0.15, 0.2) is 48.7 Å². The van der Waals surface area contributed by atoms with E-state index in [9.17, 15) is 4.79 Å². The Kier molecular flexibility index (Phi) is 4.85. The Balaban J connectivity index is 1.41. The Morgan fingerprint density at radius 2 is 1.85 bits per heavy atom. The molecule has 134 valence electrons. The highest BCUT2D eigenvalue weighted by Gasteiger charge is 2.12. The lowest BCUT2D eigenvalue weighted by Crippen LogP contribution is -2.29. The van der Waals surface area contributed by atoms with E-state index in [2.05, 4.69) is 27.3 Å². The quantitative estimate of drug-likeness (QED) is 0.682. The molecule has 1 fully saturated rings. The predicted molar refractivity (Wildman–Crippen MR) is 108 cm³/mol. The van der Waals surface area contributed by atoms with Crippen LogP contribution in [0.3, 0.4) is 0 Å². The van der Waals surface area contributed by atoms with Crippen LogP contribution >= 0.6 is 11.6 Å². The minimum Gasteiger partial charge on any atom is -0.372 e. The number of anilines is 2. The molecule has 2 heterocycles. The van der Waals surface area contributed by atoms with Crippen LogP contribution in [-0.4, -0.2) is 24.0 Å². The summed E-state index contributed by atoms with van der Waals surface area (Å²) in [5.74, 6) is -0.0217. The molecule has 0 spiro atoms. The lowest BCUT2D eigenvalue weighted by Gasteiger charge is -2.28. The lowest BCUT2D eigenvalue weighted by molar-refractivity contribution is -0.115. The van der Waals surface area contributed by atoms with Gasteiger partial charge in [0.15, 0.2) is 0 Å². The van der Waals surface area contributed by atoms with Gasteiger partial charge in [-0.05, 0) is 61.2 Å². The maximum atomic E-state index is 12.4. The van der Waals surface area contributed by atoms with Crippen LogP contribution in [0.2, 0.25) is 5.02 Å². The maximum Gasteiger partial charge on any atom is 0.228 e. The maximum absolute atomic E-state index is 12.4. The Labute approximate surface area is 158 Å². The Morgan fingerprint density at radius 1 is 1.08 bits per heavy atom. The first-order valence-electron chi connectivity index (χ1n) is 9.09. The molecule has 1 amide bonds. The summed E-state index contributed by atoms with van der Waals surface area (Å²) in [6.45, 7) is 2.24. The van der Waals surface area contributed by atoms with Gasteiger partial charge >= 0.3 is 0 Å². The molecule has 2 aromatic carbocycles. The van der Waals surface area contributed by atoms with Crippen molar-refractivity contribution in [2.24, 2.45) is 0 Å². The molecule has 1 aliphatic rings. The summed E-state index contributed by atoms with van der Waals surface area (Å²) in [6, 6.07) is 13.8. The van der Waals surface area contributed by atoms with Crippen molar-refractivity contribution in [2.45, 2.75) is 25.7 Å². The molecule has 3 aromatic rings. The summed E-state index contributed by atoms with van der Waals surface area (Å²) in [6.07, 6.45) is 6.04. The fourth-order valence-corrected chi connectivity index (χ4v) is 3.76. The molecule has 4 nitrogen and oxygen atoms in total. The molecule has 1 saturated heterocycles. The highest BCUT2D eigenvalue weighted by molar-refractivity contribution is 6.31. The smallest absolute Gasteiger partial charge is 0.228 e. The number of piperidine rings is 1. The first-order chi connectivity index (χ1) is 12.7. The van der Waals surface area contributed by atoms with E-state index < -0.39 is 0 Å². The molecule has 0 aliphatic carbocycles. The molecule has 0 atom stereocenters. The van der Waals surface area contributed by atoms with Crippen LogP contribution in [0.1, 0.15) is 24.8 Å². The van der Waals surface area contributed by atoms with Gasteiger partial charge in [-0.15, -0.1) is 0 Å². The van der Waals surface area contributed by atoms with Gasteiger partial charge in [0.05, 0.1) is 6.42 Å². The zero-order chi connectivity index (χ0) is 17.9. The molecule has 2 N–H and O–H groups in total. The molecular formula is C21H22ClN3O. The number of hydrogen-bond acceptors (Lipinski definition) is 2. The third kappa shape index (κ3) is 3.70. The topological polar surface area (TPSA) is 48.1 Å². The zero-order valence-electron chi connectivity index (χ0n) is 14.6. The monoisotopic (exact) mass is 367 g/mol. The summed E-state index contributed by atoms with van der Waals surface area (Å²) in [5, 5.41) is 4.71. The summed E-state index contributed by atoms with van der Waals surface area (Å²) < 4.78 is 0. The lowest BCUT2D eigenvalue weighted by atomic mass is 10.1. The van der Waals surface area contributed by atoms with Crippen molar-refractivity contribution >= 4 is 39.8 Å². The molecule has 1 aromatic heterocycles. The Bertz CT molecular complexity index is 911. The second-order valence-corrected chi connectivity index (χ2v) is 7.26. The van der Waals surface area contributed by atoms with Crippen LogP contribution in [0.5, 0.6) is 0 Å². The largest absolute Gasteiger partial charge is 0.372 e. The Morgan fingerprint density at radius 3 is 2.62 bits per heavy atom. The van der Waals surface area contributed by atoms with Crippen molar-refractivity contribution in [1.82, 2.24) is 4.98 Å². The fraction of sp³-hybridized carbons (Fsp3) is 0.286. The van der Waals surface area contributed by atoms with Crippen LogP contribution in [0, 0.1) is 0 Å². The molecule has 5 heteroatoms. The third-order valence-corrected chi connectivity index (χ3v) is 5.19. The number of H-pyrrole nitrogens is 1. The van der Waals surface area contributed by atoms with Crippen molar-refractivity contribution in [3.05, 3.63) is 59.2 Å². The van der Waals surface area contributed by atoms with Crippen LogP contribution < -0.4 is 10.2 Å². The molecule has 1 aliphatic heterocycles. The molecular weight excluding hydrogens is 346 g/mol. The number of nitrogens with one attached hydrogen (secondary N) is 2. The number of amides is 1. The molecule has 0 bridgehead atoms. The van der Waals surface area contributed by atoms with E-state index in [0.29, 0.717) is 11.4 Å². The second kappa shape index (κ2) is 7.42. The van der Waals surface area contributed by atoms with Crippen molar-refractivity contribution in [3.63, 3.8) is 0 Å². The number of halogens is 1. The minimum absolute atomic E-state index is 0.0217. The summed E-state index contributed by atoms with van der Waals surface area (Å²) in [5.41, 5.74) is 3.99. The van der Waals surface area contributed by atoms with E-state index in [1.165, 1.54) is 24.9 Å². The van der Waals surface area contributed by atoms with Gasteiger partial charge < -0.3 is 15.2 Å². The molecule has 0 radical (unpaired) electrons. The summed E-state index contributed by atoms with van der Waals surface area (Å²) in [7, 11) is 0. The van der Waals surface area contributed by atoms with Gasteiger partial charge in [0, 0.05) is 46.6 Å². The van der Waals surface area contributed by atoms with Gasteiger partial charge in [0.1, 0.15) is 0 Å². The number of nitrogens with zero attached hydrogens (tertiary/aromatic N) is 1. The number of fused-ring (bicyclic) bond motifs is 1. The van der Waals surface area contributed by atoms with Crippen LogP contribution in [0.25, 0.3) is 10.9 Å². The third-order valence-electron chi connectivity index (χ3n) is 4.95. The summed E-state index contributed by atoms with van der Waals surface area (Å²) >= 11 is 6.01. The molecule has 0 saturated carbocycles. The molecule has 26 heavy (non-hydrogen) atoms. The highest BCUT2D eigenvalue weighted by Crippen LogP contribution is 2.24. The first-order valence-corrected chi connectivity index (χ1v) is 9.47. The van der Waals surface area contributed by atoms with Gasteiger partial charge in [-0.1, -0.05) is 17.7 Å². The zero-order valence-corrected chi connectivity index (χ0v) is 15.4. The highest BCUT2D eigenvalue weighted by atomic mass is 35.5. The van der Waals surface area contributed by atoms with Crippen LogP contribution in [0.4, 0.5) is 11.4 Å². The number of hydrogen-bond donors (Lipinski definition) is 2. The van der Waals surface area contributed by atoms with E-state index >= 15 is 0 Å². The van der Waals surface area contributed by atoms with Gasteiger partial charge in [-0.2, -0.15) is 0 Å². The van der Waals surface area contributed by atoms with E-state index in [0.717, 1.165) is 35.2 Å². The van der Waals surface area contributed by atoms with Crippen LogP contribution in [-0.2, 0) is 11.2 Å². The van der Waals surface area contributed by atoms with E-state index in [-0.39, 0.29) is 5.91 Å². The molecule has 0 unspecified atom stereocenters. The van der Waals surface area contributed by atoms with Gasteiger partial charge in [-0.25, -0.2) is 0 Å². The number of benzene rings is 2. The van der Waals surface area contributed by atoms with Gasteiger partial charge in [0.25, 0.3) is 0 Å². The van der Waals surface area contributed by atoms with E-state index in [1.54, 1.807) is 0 Å². The van der Waals surface area contributed by atoms with Crippen molar-refractivity contribution < 1.29 is 4.79 Å². The predicted octanol–water partition coefficient (Wildman–Crippen LogP) is 4.99. The number of aromatic amines is 1. The van der Waals surface area contributed by atoms with Crippen molar-refractivity contribution in [3.8, 4) is 0 Å².